The number of rotatable bonds is 6. The molecule has 5 nitrogen and oxygen atoms in total. The molecule has 1 saturated heterocycles. The van der Waals surface area contributed by atoms with E-state index >= 15 is 0 Å². The molecule has 0 radical (unpaired) electrons. The van der Waals surface area contributed by atoms with E-state index < -0.39 is 6.10 Å². The van der Waals surface area contributed by atoms with E-state index in [4.69, 9.17) is 27.9 Å². The van der Waals surface area contributed by atoms with Gasteiger partial charge in [0.1, 0.15) is 10.8 Å². The van der Waals surface area contributed by atoms with Gasteiger partial charge in [0.25, 0.3) is 5.91 Å². The lowest BCUT2D eigenvalue weighted by Crippen LogP contribution is -2.30. The van der Waals surface area contributed by atoms with Gasteiger partial charge >= 0.3 is 0 Å². The summed E-state index contributed by atoms with van der Waals surface area (Å²) in [5.74, 6) is 0.221. The molecule has 1 atom stereocenters. The van der Waals surface area contributed by atoms with Crippen molar-refractivity contribution in [1.29, 1.82) is 0 Å². The molecule has 1 aliphatic heterocycles. The first-order valence-corrected chi connectivity index (χ1v) is 9.48. The molecule has 3 rings (SSSR count). The molecule has 1 aliphatic rings. The summed E-state index contributed by atoms with van der Waals surface area (Å²) in [6.07, 6.45) is 0.748. The fraction of sp³-hybridized carbons (Fsp3) is 0.300. The molecule has 142 valence electrons. The number of halogens is 2. The zero-order chi connectivity index (χ0) is 19.4. The standard InChI is InChI=1S/C20H20Cl2N2O3/c1-13(27-17-8-3-7-16(21)19(17)22)20(26)23-15-6-2-5-14(11-15)12-24-10-4-9-18(24)25/h2-3,5-8,11,13H,4,9-10,12H2,1H3,(H,23,26)/t13-/m0/s1. The Hall–Kier alpha value is -2.24. The second kappa shape index (κ2) is 8.63. The minimum atomic E-state index is -0.759. The van der Waals surface area contributed by atoms with E-state index in [-0.39, 0.29) is 16.8 Å². The Balaban J connectivity index is 1.62. The van der Waals surface area contributed by atoms with Crippen LogP contribution in [-0.4, -0.2) is 29.4 Å². The molecule has 27 heavy (non-hydrogen) atoms. The molecular weight excluding hydrogens is 387 g/mol. The Morgan fingerprint density at radius 2 is 2.04 bits per heavy atom. The highest BCUT2D eigenvalue weighted by molar-refractivity contribution is 6.42. The summed E-state index contributed by atoms with van der Waals surface area (Å²) in [6, 6.07) is 12.5. The highest BCUT2D eigenvalue weighted by Crippen LogP contribution is 2.32. The van der Waals surface area contributed by atoms with Crippen molar-refractivity contribution in [3.8, 4) is 5.75 Å². The molecule has 0 aliphatic carbocycles. The van der Waals surface area contributed by atoms with E-state index in [1.54, 1.807) is 31.2 Å². The van der Waals surface area contributed by atoms with Gasteiger partial charge in [0.2, 0.25) is 5.91 Å². The van der Waals surface area contributed by atoms with Crippen molar-refractivity contribution < 1.29 is 14.3 Å². The Morgan fingerprint density at radius 3 is 2.78 bits per heavy atom. The highest BCUT2D eigenvalue weighted by atomic mass is 35.5. The van der Waals surface area contributed by atoms with Crippen LogP contribution in [0.1, 0.15) is 25.3 Å². The second-order valence-corrected chi connectivity index (χ2v) is 7.21. The number of likely N-dealkylation sites (tertiary alicyclic amines) is 1. The third kappa shape index (κ3) is 4.93. The molecule has 1 fully saturated rings. The number of hydrogen-bond acceptors (Lipinski definition) is 3. The van der Waals surface area contributed by atoms with Gasteiger partial charge in [0, 0.05) is 25.2 Å². The van der Waals surface area contributed by atoms with Crippen LogP contribution in [0.3, 0.4) is 0 Å². The average Bonchev–Trinajstić information content (AvgIpc) is 3.04. The zero-order valence-electron chi connectivity index (χ0n) is 14.9. The van der Waals surface area contributed by atoms with Gasteiger partial charge in [-0.15, -0.1) is 0 Å². The van der Waals surface area contributed by atoms with Crippen molar-refractivity contribution >= 4 is 40.7 Å². The largest absolute Gasteiger partial charge is 0.479 e. The normalized spacial score (nSPS) is 14.9. The zero-order valence-corrected chi connectivity index (χ0v) is 16.4. The van der Waals surface area contributed by atoms with Gasteiger partial charge in [-0.1, -0.05) is 41.4 Å². The third-order valence-corrected chi connectivity index (χ3v) is 5.13. The summed E-state index contributed by atoms with van der Waals surface area (Å²) in [5.41, 5.74) is 1.62. The maximum absolute atomic E-state index is 12.4. The van der Waals surface area contributed by atoms with Gasteiger partial charge in [0.15, 0.2) is 6.10 Å². The van der Waals surface area contributed by atoms with Crippen LogP contribution in [-0.2, 0) is 16.1 Å². The van der Waals surface area contributed by atoms with Crippen molar-refractivity contribution in [2.75, 3.05) is 11.9 Å². The van der Waals surface area contributed by atoms with E-state index in [1.807, 2.05) is 23.1 Å². The second-order valence-electron chi connectivity index (χ2n) is 6.42. The van der Waals surface area contributed by atoms with Crippen molar-refractivity contribution in [2.24, 2.45) is 0 Å². The first-order chi connectivity index (χ1) is 12.9. The van der Waals surface area contributed by atoms with E-state index in [0.717, 1.165) is 18.5 Å². The number of benzene rings is 2. The van der Waals surface area contributed by atoms with Gasteiger partial charge in [-0.3, -0.25) is 9.59 Å². The molecule has 0 saturated carbocycles. The fourth-order valence-corrected chi connectivity index (χ4v) is 3.24. The fourth-order valence-electron chi connectivity index (χ4n) is 2.90. The quantitative estimate of drug-likeness (QED) is 0.766. The lowest BCUT2D eigenvalue weighted by atomic mass is 10.2. The van der Waals surface area contributed by atoms with Gasteiger partial charge in [-0.05, 0) is 43.2 Å². The number of hydrogen-bond donors (Lipinski definition) is 1. The molecule has 0 unspecified atom stereocenters. The number of carbonyl (C=O) groups is 2. The summed E-state index contributed by atoms with van der Waals surface area (Å²) in [7, 11) is 0. The molecule has 0 bridgehead atoms. The Kier molecular flexibility index (Phi) is 6.24. The summed E-state index contributed by atoms with van der Waals surface area (Å²) in [4.78, 5) is 26.0. The van der Waals surface area contributed by atoms with Crippen LogP contribution >= 0.6 is 23.2 Å². The smallest absolute Gasteiger partial charge is 0.265 e. The number of carbonyl (C=O) groups excluding carboxylic acids is 2. The van der Waals surface area contributed by atoms with Crippen LogP contribution < -0.4 is 10.1 Å². The number of nitrogens with one attached hydrogen (secondary N) is 1. The minimum absolute atomic E-state index is 0.171. The maximum Gasteiger partial charge on any atom is 0.265 e. The van der Waals surface area contributed by atoms with Crippen LogP contribution in [0.4, 0.5) is 5.69 Å². The lowest BCUT2D eigenvalue weighted by molar-refractivity contribution is -0.128. The monoisotopic (exact) mass is 406 g/mol. The van der Waals surface area contributed by atoms with Crippen LogP contribution in [0.15, 0.2) is 42.5 Å². The molecule has 0 spiro atoms. The Morgan fingerprint density at radius 1 is 1.26 bits per heavy atom. The lowest BCUT2D eigenvalue weighted by Gasteiger charge is -2.18. The minimum Gasteiger partial charge on any atom is -0.479 e. The summed E-state index contributed by atoms with van der Waals surface area (Å²) >= 11 is 12.1. The molecule has 2 aromatic carbocycles. The van der Waals surface area contributed by atoms with Gasteiger partial charge in [-0.2, -0.15) is 0 Å². The molecule has 7 heteroatoms. The van der Waals surface area contributed by atoms with Crippen molar-refractivity contribution in [2.45, 2.75) is 32.4 Å². The van der Waals surface area contributed by atoms with Crippen molar-refractivity contribution in [3.63, 3.8) is 0 Å². The Labute approximate surface area is 168 Å². The third-order valence-electron chi connectivity index (χ3n) is 4.33. The summed E-state index contributed by atoms with van der Waals surface area (Å²) < 4.78 is 5.63. The van der Waals surface area contributed by atoms with Crippen molar-refractivity contribution in [3.05, 3.63) is 58.1 Å². The summed E-state index contributed by atoms with van der Waals surface area (Å²) in [5, 5.41) is 3.47. The highest BCUT2D eigenvalue weighted by Gasteiger charge is 2.21. The molecule has 2 aromatic rings. The Bertz CT molecular complexity index is 857. The van der Waals surface area contributed by atoms with Gasteiger partial charge in [-0.25, -0.2) is 0 Å². The first kappa shape index (κ1) is 19.5. The van der Waals surface area contributed by atoms with Gasteiger partial charge < -0.3 is 15.0 Å². The number of ether oxygens (including phenoxy) is 1. The number of anilines is 1. The van der Waals surface area contributed by atoms with E-state index in [9.17, 15) is 9.59 Å². The maximum atomic E-state index is 12.4. The van der Waals surface area contributed by atoms with Gasteiger partial charge in [0.05, 0.1) is 5.02 Å². The molecule has 2 amide bonds. The predicted molar refractivity (Wildman–Crippen MR) is 106 cm³/mol. The SMILES string of the molecule is C[C@H](Oc1cccc(Cl)c1Cl)C(=O)Nc1cccc(CN2CCCC2=O)c1. The molecule has 1 heterocycles. The van der Waals surface area contributed by atoms with Crippen LogP contribution in [0, 0.1) is 0 Å². The molecule has 0 aromatic heterocycles. The van der Waals surface area contributed by atoms with Crippen LogP contribution in [0.5, 0.6) is 5.75 Å². The first-order valence-electron chi connectivity index (χ1n) is 8.72. The van der Waals surface area contributed by atoms with E-state index in [0.29, 0.717) is 29.4 Å². The summed E-state index contributed by atoms with van der Waals surface area (Å²) in [6.45, 7) is 2.97. The van der Waals surface area contributed by atoms with E-state index in [2.05, 4.69) is 5.32 Å². The average molecular weight is 407 g/mol. The van der Waals surface area contributed by atoms with Crippen LogP contribution in [0.2, 0.25) is 10.0 Å². The predicted octanol–water partition coefficient (Wildman–Crippen LogP) is 4.52. The van der Waals surface area contributed by atoms with Crippen molar-refractivity contribution in [1.82, 2.24) is 4.90 Å². The molecular formula is C20H20Cl2N2O3. The number of nitrogens with zero attached hydrogens (tertiary/aromatic N) is 1. The number of amides is 2. The molecule has 1 N–H and O–H groups in total. The topological polar surface area (TPSA) is 58.6 Å². The van der Waals surface area contributed by atoms with Crippen LogP contribution in [0.25, 0.3) is 0 Å². The van der Waals surface area contributed by atoms with E-state index in [1.165, 1.54) is 0 Å².